The standard InChI is InChI=1S/C15H10Cl2O2/c16-12-5-1-3-10(7-12)14(9-15(18)19)11-4-2-6-13(17)8-11/h1-9H,(H,18,19). The fourth-order valence-corrected chi connectivity index (χ4v) is 2.15. The molecule has 0 heterocycles. The third-order valence-corrected chi connectivity index (χ3v) is 3.01. The third-order valence-electron chi connectivity index (χ3n) is 2.54. The highest BCUT2D eigenvalue weighted by atomic mass is 35.5. The predicted octanol–water partition coefficient (Wildman–Crippen LogP) is 4.51. The van der Waals surface area contributed by atoms with Gasteiger partial charge in [-0.2, -0.15) is 0 Å². The molecule has 1 N–H and O–H groups in total. The van der Waals surface area contributed by atoms with Crippen molar-refractivity contribution in [3.05, 3.63) is 75.8 Å². The van der Waals surface area contributed by atoms with Crippen molar-refractivity contribution in [2.75, 3.05) is 0 Å². The van der Waals surface area contributed by atoms with Crippen LogP contribution in [0.2, 0.25) is 10.0 Å². The van der Waals surface area contributed by atoms with E-state index in [0.717, 1.165) is 17.2 Å². The summed E-state index contributed by atoms with van der Waals surface area (Å²) in [5.41, 5.74) is 2.03. The number of carboxylic acids is 1. The largest absolute Gasteiger partial charge is 0.478 e. The first kappa shape index (κ1) is 13.7. The van der Waals surface area contributed by atoms with Gasteiger partial charge in [-0.3, -0.25) is 0 Å². The minimum atomic E-state index is -1.02. The van der Waals surface area contributed by atoms with Crippen molar-refractivity contribution in [1.29, 1.82) is 0 Å². The van der Waals surface area contributed by atoms with E-state index in [4.69, 9.17) is 28.3 Å². The maximum absolute atomic E-state index is 11.0. The number of hydrogen-bond acceptors (Lipinski definition) is 1. The number of benzene rings is 2. The lowest BCUT2D eigenvalue weighted by Crippen LogP contribution is -1.94. The molecule has 2 nitrogen and oxygen atoms in total. The van der Waals surface area contributed by atoms with Crippen LogP contribution >= 0.6 is 23.2 Å². The highest BCUT2D eigenvalue weighted by Gasteiger charge is 2.08. The molecule has 0 bridgehead atoms. The average Bonchev–Trinajstić information content (AvgIpc) is 2.35. The molecule has 0 unspecified atom stereocenters. The van der Waals surface area contributed by atoms with Crippen LogP contribution in [0.15, 0.2) is 54.6 Å². The molecule has 2 aromatic carbocycles. The van der Waals surface area contributed by atoms with Crippen LogP contribution < -0.4 is 0 Å². The number of hydrogen-bond donors (Lipinski definition) is 1. The molecule has 0 aliphatic rings. The number of carboxylic acid groups (broad SMARTS) is 1. The summed E-state index contributed by atoms with van der Waals surface area (Å²) >= 11 is 11.9. The highest BCUT2D eigenvalue weighted by molar-refractivity contribution is 6.31. The molecule has 19 heavy (non-hydrogen) atoms. The molecule has 0 aromatic heterocycles. The molecule has 0 saturated heterocycles. The molecule has 0 saturated carbocycles. The monoisotopic (exact) mass is 292 g/mol. The van der Waals surface area contributed by atoms with Gasteiger partial charge in [0.25, 0.3) is 0 Å². The molecular weight excluding hydrogens is 283 g/mol. The van der Waals surface area contributed by atoms with Crippen molar-refractivity contribution in [2.24, 2.45) is 0 Å². The summed E-state index contributed by atoms with van der Waals surface area (Å²) in [7, 11) is 0. The summed E-state index contributed by atoms with van der Waals surface area (Å²) in [6, 6.07) is 14.1. The fraction of sp³-hybridized carbons (Fsp3) is 0. The molecular formula is C15H10Cl2O2. The van der Waals surface area contributed by atoms with Gasteiger partial charge in [0.05, 0.1) is 0 Å². The average molecular weight is 293 g/mol. The van der Waals surface area contributed by atoms with Gasteiger partial charge in [0.1, 0.15) is 0 Å². The van der Waals surface area contributed by atoms with Crippen LogP contribution in [0.25, 0.3) is 5.57 Å². The van der Waals surface area contributed by atoms with Crippen LogP contribution in [0.1, 0.15) is 11.1 Å². The molecule has 2 aromatic rings. The Hall–Kier alpha value is -1.77. The van der Waals surface area contributed by atoms with Crippen LogP contribution in [-0.4, -0.2) is 11.1 Å². The number of carbonyl (C=O) groups is 1. The predicted molar refractivity (Wildman–Crippen MR) is 77.6 cm³/mol. The summed E-state index contributed by atoms with van der Waals surface area (Å²) in [5.74, 6) is -1.02. The van der Waals surface area contributed by atoms with Crippen LogP contribution in [-0.2, 0) is 4.79 Å². The van der Waals surface area contributed by atoms with E-state index in [2.05, 4.69) is 0 Å². The van der Waals surface area contributed by atoms with E-state index in [-0.39, 0.29) is 0 Å². The topological polar surface area (TPSA) is 37.3 Å². The molecule has 0 atom stereocenters. The Labute approximate surface area is 120 Å². The first-order valence-electron chi connectivity index (χ1n) is 5.53. The van der Waals surface area contributed by atoms with Gasteiger partial charge in [0, 0.05) is 16.1 Å². The molecule has 0 aliphatic carbocycles. The SMILES string of the molecule is O=C(O)C=C(c1cccc(Cl)c1)c1cccc(Cl)c1. The normalized spacial score (nSPS) is 10.0. The van der Waals surface area contributed by atoms with Crippen molar-refractivity contribution < 1.29 is 9.90 Å². The lowest BCUT2D eigenvalue weighted by molar-refractivity contribution is -0.131. The second-order valence-electron chi connectivity index (χ2n) is 3.92. The van der Waals surface area contributed by atoms with Gasteiger partial charge < -0.3 is 5.11 Å². The minimum absolute atomic E-state index is 0.552. The van der Waals surface area contributed by atoms with Crippen LogP contribution in [0.4, 0.5) is 0 Å². The summed E-state index contributed by atoms with van der Waals surface area (Å²) in [6.45, 7) is 0. The second-order valence-corrected chi connectivity index (χ2v) is 4.79. The minimum Gasteiger partial charge on any atom is -0.478 e. The van der Waals surface area contributed by atoms with Crippen molar-refractivity contribution in [3.63, 3.8) is 0 Å². The van der Waals surface area contributed by atoms with E-state index in [9.17, 15) is 4.79 Å². The molecule has 0 amide bonds. The van der Waals surface area contributed by atoms with E-state index in [1.165, 1.54) is 0 Å². The third kappa shape index (κ3) is 3.60. The smallest absolute Gasteiger partial charge is 0.328 e. The Bertz CT molecular complexity index is 601. The molecule has 96 valence electrons. The van der Waals surface area contributed by atoms with Gasteiger partial charge in [0.2, 0.25) is 0 Å². The Morgan fingerprint density at radius 1 is 0.947 bits per heavy atom. The Balaban J connectivity index is 2.57. The maximum atomic E-state index is 11.0. The van der Waals surface area contributed by atoms with Crippen molar-refractivity contribution in [3.8, 4) is 0 Å². The van der Waals surface area contributed by atoms with Crippen LogP contribution in [0, 0.1) is 0 Å². The first-order chi connectivity index (χ1) is 9.06. The Morgan fingerprint density at radius 2 is 1.42 bits per heavy atom. The number of rotatable bonds is 3. The lowest BCUT2D eigenvalue weighted by Gasteiger charge is -2.08. The fourth-order valence-electron chi connectivity index (χ4n) is 1.77. The molecule has 0 spiro atoms. The van der Waals surface area contributed by atoms with Gasteiger partial charge in [0.15, 0.2) is 0 Å². The van der Waals surface area contributed by atoms with Crippen molar-refractivity contribution in [1.82, 2.24) is 0 Å². The van der Waals surface area contributed by atoms with E-state index >= 15 is 0 Å². The summed E-state index contributed by atoms with van der Waals surface area (Å²) in [6.07, 6.45) is 1.15. The summed E-state index contributed by atoms with van der Waals surface area (Å²) in [5, 5.41) is 10.1. The molecule has 2 rings (SSSR count). The molecule has 4 heteroatoms. The zero-order valence-electron chi connectivity index (χ0n) is 9.81. The molecule has 0 radical (unpaired) electrons. The van der Waals surface area contributed by atoms with Crippen LogP contribution in [0.5, 0.6) is 0 Å². The lowest BCUT2D eigenvalue weighted by atomic mass is 9.97. The zero-order chi connectivity index (χ0) is 13.8. The zero-order valence-corrected chi connectivity index (χ0v) is 11.3. The number of halogens is 2. The van der Waals surface area contributed by atoms with E-state index < -0.39 is 5.97 Å². The van der Waals surface area contributed by atoms with E-state index in [0.29, 0.717) is 15.6 Å². The van der Waals surface area contributed by atoms with Gasteiger partial charge in [-0.05, 0) is 41.0 Å². The van der Waals surface area contributed by atoms with Crippen LogP contribution in [0.3, 0.4) is 0 Å². The van der Waals surface area contributed by atoms with Gasteiger partial charge in [-0.1, -0.05) is 47.5 Å². The molecule has 0 fully saturated rings. The summed E-state index contributed by atoms with van der Waals surface area (Å²) < 4.78 is 0. The molecule has 0 aliphatic heterocycles. The second kappa shape index (κ2) is 5.91. The maximum Gasteiger partial charge on any atom is 0.328 e. The van der Waals surface area contributed by atoms with Crippen molar-refractivity contribution >= 4 is 34.7 Å². The summed E-state index contributed by atoms with van der Waals surface area (Å²) in [4.78, 5) is 11.0. The highest BCUT2D eigenvalue weighted by Crippen LogP contribution is 2.27. The van der Waals surface area contributed by atoms with E-state index in [1.54, 1.807) is 36.4 Å². The first-order valence-corrected chi connectivity index (χ1v) is 6.28. The Kier molecular flexibility index (Phi) is 4.25. The number of aliphatic carboxylic acids is 1. The van der Waals surface area contributed by atoms with Gasteiger partial charge >= 0.3 is 5.97 Å². The van der Waals surface area contributed by atoms with Gasteiger partial charge in [-0.25, -0.2) is 4.79 Å². The quantitative estimate of drug-likeness (QED) is 0.845. The van der Waals surface area contributed by atoms with Gasteiger partial charge in [-0.15, -0.1) is 0 Å². The Morgan fingerprint density at radius 3 is 1.79 bits per heavy atom. The van der Waals surface area contributed by atoms with E-state index in [1.807, 2.05) is 12.1 Å². The van der Waals surface area contributed by atoms with Crippen molar-refractivity contribution in [2.45, 2.75) is 0 Å².